The van der Waals surface area contributed by atoms with Gasteiger partial charge >= 0.3 is 0 Å². The molecule has 3 N–H and O–H groups in total. The van der Waals surface area contributed by atoms with E-state index in [-0.39, 0.29) is 0 Å². The van der Waals surface area contributed by atoms with E-state index in [9.17, 15) is 0 Å². The molecule has 1 aromatic heterocycles. The first kappa shape index (κ1) is 15.9. The molecule has 2 rings (SSSR count). The Morgan fingerprint density at radius 1 is 1.24 bits per heavy atom. The zero-order chi connectivity index (χ0) is 15.4. The van der Waals surface area contributed by atoms with Crippen molar-refractivity contribution in [3.05, 3.63) is 45.6 Å². The average Bonchev–Trinajstić information content (AvgIpc) is 2.48. The molecular weight excluding hydrogens is 348 g/mol. The third-order valence-electron chi connectivity index (χ3n) is 3.22. The van der Waals surface area contributed by atoms with Crippen LogP contribution < -0.4 is 11.1 Å². The Hall–Kier alpha value is -1.53. The van der Waals surface area contributed by atoms with E-state index in [4.69, 9.17) is 18.0 Å². The van der Waals surface area contributed by atoms with Crippen LogP contribution in [0.15, 0.2) is 28.7 Å². The number of nitrogens with two attached hydrogens (primary N) is 1. The van der Waals surface area contributed by atoms with E-state index in [1.165, 1.54) is 0 Å². The number of hydrogen-bond donors (Lipinski definition) is 2. The van der Waals surface area contributed by atoms with Gasteiger partial charge in [-0.05, 0) is 46.5 Å². The van der Waals surface area contributed by atoms with Crippen molar-refractivity contribution in [1.82, 2.24) is 10.2 Å². The lowest BCUT2D eigenvalue weighted by molar-refractivity contribution is 0.879. The minimum atomic E-state index is 0.339. The standard InChI is InChI=1S/C15H17BrN4S/c1-3-9-11(4-2)19-20-15(13(9)14(17)21)18-12-8-6-5-7-10(12)16/h5-8H,3-4H2,1-2H3,(H2,17,21)(H,18,20). The Morgan fingerprint density at radius 2 is 1.95 bits per heavy atom. The quantitative estimate of drug-likeness (QED) is 0.791. The number of hydrogen-bond acceptors (Lipinski definition) is 4. The van der Waals surface area contributed by atoms with E-state index in [1.807, 2.05) is 31.2 Å². The van der Waals surface area contributed by atoms with Crippen molar-refractivity contribution in [2.24, 2.45) is 5.73 Å². The van der Waals surface area contributed by atoms with Gasteiger partial charge in [0.2, 0.25) is 0 Å². The van der Waals surface area contributed by atoms with Crippen LogP contribution in [0, 0.1) is 0 Å². The van der Waals surface area contributed by atoms with Crippen molar-refractivity contribution in [3.63, 3.8) is 0 Å². The second-order valence-electron chi connectivity index (χ2n) is 4.53. The molecule has 0 spiro atoms. The smallest absolute Gasteiger partial charge is 0.163 e. The third-order valence-corrected chi connectivity index (χ3v) is 4.12. The lowest BCUT2D eigenvalue weighted by Crippen LogP contribution is -2.18. The molecular formula is C15H17BrN4S. The van der Waals surface area contributed by atoms with E-state index < -0.39 is 0 Å². The summed E-state index contributed by atoms with van der Waals surface area (Å²) in [7, 11) is 0. The van der Waals surface area contributed by atoms with Crippen LogP contribution >= 0.6 is 28.1 Å². The highest BCUT2D eigenvalue weighted by Crippen LogP contribution is 2.28. The summed E-state index contributed by atoms with van der Waals surface area (Å²) in [6.45, 7) is 4.12. The van der Waals surface area contributed by atoms with Gasteiger partial charge < -0.3 is 11.1 Å². The van der Waals surface area contributed by atoms with Gasteiger partial charge in [-0.25, -0.2) is 0 Å². The van der Waals surface area contributed by atoms with Crippen LogP contribution in [-0.2, 0) is 12.8 Å². The van der Waals surface area contributed by atoms with Gasteiger partial charge in [0.1, 0.15) is 4.99 Å². The maximum atomic E-state index is 5.92. The minimum Gasteiger partial charge on any atom is -0.389 e. The molecule has 6 heteroatoms. The van der Waals surface area contributed by atoms with Gasteiger partial charge in [0.05, 0.1) is 16.9 Å². The molecule has 4 nitrogen and oxygen atoms in total. The van der Waals surface area contributed by atoms with Crippen molar-refractivity contribution in [2.45, 2.75) is 26.7 Å². The van der Waals surface area contributed by atoms with Crippen LogP contribution in [0.1, 0.15) is 30.7 Å². The minimum absolute atomic E-state index is 0.339. The summed E-state index contributed by atoms with van der Waals surface area (Å²) >= 11 is 8.72. The SMILES string of the molecule is CCc1nnc(Nc2ccccc2Br)c(C(N)=S)c1CC. The molecule has 0 fully saturated rings. The molecule has 0 radical (unpaired) electrons. The number of anilines is 2. The summed E-state index contributed by atoms with van der Waals surface area (Å²) in [5.41, 5.74) is 9.61. The van der Waals surface area contributed by atoms with E-state index in [0.717, 1.165) is 39.8 Å². The van der Waals surface area contributed by atoms with Crippen LogP contribution in [0.5, 0.6) is 0 Å². The second-order valence-corrected chi connectivity index (χ2v) is 5.82. The Balaban J connectivity index is 2.54. The number of nitrogens with zero attached hydrogens (tertiary/aromatic N) is 2. The van der Waals surface area contributed by atoms with E-state index >= 15 is 0 Å². The molecule has 0 atom stereocenters. The highest BCUT2D eigenvalue weighted by atomic mass is 79.9. The number of para-hydroxylation sites is 1. The number of benzene rings is 1. The topological polar surface area (TPSA) is 63.8 Å². The fraction of sp³-hybridized carbons (Fsp3) is 0.267. The van der Waals surface area contributed by atoms with Crippen LogP contribution in [0.4, 0.5) is 11.5 Å². The predicted molar refractivity (Wildman–Crippen MR) is 94.1 cm³/mol. The molecule has 110 valence electrons. The number of aryl methyl sites for hydroxylation is 1. The molecule has 0 saturated heterocycles. The lowest BCUT2D eigenvalue weighted by Gasteiger charge is -2.16. The number of thiocarbonyl (C=S) groups is 1. The molecule has 0 amide bonds. The molecule has 0 aliphatic carbocycles. The van der Waals surface area contributed by atoms with Crippen molar-refractivity contribution in [1.29, 1.82) is 0 Å². The molecule has 0 aliphatic rings. The molecule has 1 heterocycles. The zero-order valence-corrected chi connectivity index (χ0v) is 14.4. The first-order valence-corrected chi connectivity index (χ1v) is 7.98. The van der Waals surface area contributed by atoms with Crippen molar-refractivity contribution < 1.29 is 0 Å². The van der Waals surface area contributed by atoms with Crippen molar-refractivity contribution in [3.8, 4) is 0 Å². The average molecular weight is 365 g/mol. The fourth-order valence-electron chi connectivity index (χ4n) is 2.22. The fourth-order valence-corrected chi connectivity index (χ4v) is 2.82. The van der Waals surface area contributed by atoms with Crippen LogP contribution in [-0.4, -0.2) is 15.2 Å². The second kappa shape index (κ2) is 6.95. The highest BCUT2D eigenvalue weighted by molar-refractivity contribution is 9.10. The summed E-state index contributed by atoms with van der Waals surface area (Å²) in [6.07, 6.45) is 1.62. The maximum absolute atomic E-state index is 5.92. The van der Waals surface area contributed by atoms with Gasteiger partial charge in [-0.1, -0.05) is 38.2 Å². The molecule has 1 aromatic carbocycles. The summed E-state index contributed by atoms with van der Waals surface area (Å²) < 4.78 is 0.943. The molecule has 0 unspecified atom stereocenters. The van der Waals surface area contributed by atoms with Crippen LogP contribution in [0.2, 0.25) is 0 Å². The summed E-state index contributed by atoms with van der Waals surface area (Å²) in [5.74, 6) is 0.600. The third kappa shape index (κ3) is 3.39. The van der Waals surface area contributed by atoms with Crippen LogP contribution in [0.25, 0.3) is 0 Å². The maximum Gasteiger partial charge on any atom is 0.163 e. The van der Waals surface area contributed by atoms with Gasteiger partial charge in [0.25, 0.3) is 0 Å². The largest absolute Gasteiger partial charge is 0.389 e. The Morgan fingerprint density at radius 3 is 2.52 bits per heavy atom. The van der Waals surface area contributed by atoms with E-state index in [1.54, 1.807) is 0 Å². The van der Waals surface area contributed by atoms with E-state index in [2.05, 4.69) is 38.4 Å². The number of rotatable bonds is 5. The number of aromatic nitrogens is 2. The first-order chi connectivity index (χ1) is 10.1. The zero-order valence-electron chi connectivity index (χ0n) is 12.0. The van der Waals surface area contributed by atoms with Crippen molar-refractivity contribution >= 4 is 44.6 Å². The monoisotopic (exact) mass is 364 g/mol. The Kier molecular flexibility index (Phi) is 5.25. The molecule has 2 aromatic rings. The van der Waals surface area contributed by atoms with Crippen molar-refractivity contribution in [2.75, 3.05) is 5.32 Å². The predicted octanol–water partition coefficient (Wildman–Crippen LogP) is 3.74. The van der Waals surface area contributed by atoms with Gasteiger partial charge in [-0.2, -0.15) is 5.10 Å². The molecule has 0 aliphatic heterocycles. The van der Waals surface area contributed by atoms with Gasteiger partial charge in [-0.3, -0.25) is 0 Å². The summed E-state index contributed by atoms with van der Waals surface area (Å²) in [4.78, 5) is 0.339. The molecule has 0 saturated carbocycles. The Labute approximate surface area is 138 Å². The highest BCUT2D eigenvalue weighted by Gasteiger charge is 2.17. The van der Waals surface area contributed by atoms with Gasteiger partial charge in [-0.15, -0.1) is 5.10 Å². The summed E-state index contributed by atoms with van der Waals surface area (Å²) in [5, 5.41) is 11.8. The number of nitrogens with one attached hydrogen (secondary N) is 1. The normalized spacial score (nSPS) is 10.4. The molecule has 21 heavy (non-hydrogen) atoms. The Bertz CT molecular complexity index is 673. The van der Waals surface area contributed by atoms with Crippen LogP contribution in [0.3, 0.4) is 0 Å². The van der Waals surface area contributed by atoms with E-state index in [0.29, 0.717) is 10.8 Å². The number of halogens is 1. The molecule has 0 bridgehead atoms. The lowest BCUT2D eigenvalue weighted by atomic mass is 10.0. The van der Waals surface area contributed by atoms with Gasteiger partial charge in [0.15, 0.2) is 5.82 Å². The van der Waals surface area contributed by atoms with Gasteiger partial charge in [0, 0.05) is 4.47 Å². The first-order valence-electron chi connectivity index (χ1n) is 6.78. The summed E-state index contributed by atoms with van der Waals surface area (Å²) in [6, 6.07) is 7.81.